The Hall–Kier alpha value is -2.63. The van der Waals surface area contributed by atoms with Gasteiger partial charge in [0, 0.05) is 19.2 Å². The molecule has 0 radical (unpaired) electrons. The maximum atomic E-state index is 12.3. The monoisotopic (exact) mass is 329 g/mol. The number of nitrogens with zero attached hydrogens (tertiary/aromatic N) is 2. The van der Waals surface area contributed by atoms with Crippen molar-refractivity contribution < 1.29 is 14.7 Å². The molecule has 0 fully saturated rings. The van der Waals surface area contributed by atoms with E-state index >= 15 is 0 Å². The summed E-state index contributed by atoms with van der Waals surface area (Å²) in [5, 5.41) is 16.3. The Morgan fingerprint density at radius 1 is 1.25 bits per heavy atom. The molecule has 0 spiro atoms. The maximum absolute atomic E-state index is 12.3. The average Bonchev–Trinajstić information content (AvgIpc) is 2.78. The number of carboxylic acids is 1. The summed E-state index contributed by atoms with van der Waals surface area (Å²) in [6.45, 7) is 3.90. The highest BCUT2D eigenvalue weighted by molar-refractivity contribution is 5.78. The molecule has 0 saturated carbocycles. The number of amides is 1. The molecule has 128 valence electrons. The lowest BCUT2D eigenvalue weighted by Gasteiger charge is -2.17. The number of aliphatic carboxylic acids is 1. The summed E-state index contributed by atoms with van der Waals surface area (Å²) in [6, 6.07) is 8.65. The highest BCUT2D eigenvalue weighted by Gasteiger charge is 2.18. The summed E-state index contributed by atoms with van der Waals surface area (Å²) >= 11 is 0. The van der Waals surface area contributed by atoms with Crippen molar-refractivity contribution in [3.05, 3.63) is 52.8 Å². The van der Waals surface area contributed by atoms with E-state index in [9.17, 15) is 9.59 Å². The first kappa shape index (κ1) is 17.7. The fourth-order valence-electron chi connectivity index (χ4n) is 2.80. The van der Waals surface area contributed by atoms with E-state index in [0.717, 1.165) is 22.5 Å². The molecule has 1 heterocycles. The molecule has 1 atom stereocenters. The van der Waals surface area contributed by atoms with Gasteiger partial charge in [-0.25, -0.2) is 0 Å². The first-order chi connectivity index (χ1) is 11.4. The highest BCUT2D eigenvalue weighted by Crippen LogP contribution is 2.18. The normalized spacial score (nSPS) is 12.0. The Morgan fingerprint density at radius 2 is 1.92 bits per heavy atom. The van der Waals surface area contributed by atoms with Gasteiger partial charge < -0.3 is 10.4 Å². The molecule has 1 unspecified atom stereocenters. The van der Waals surface area contributed by atoms with Crippen LogP contribution in [0.4, 0.5) is 0 Å². The van der Waals surface area contributed by atoms with Crippen LogP contribution in [0.2, 0.25) is 0 Å². The van der Waals surface area contributed by atoms with Crippen molar-refractivity contribution in [1.82, 2.24) is 15.1 Å². The molecular weight excluding hydrogens is 306 g/mol. The molecule has 0 saturated heterocycles. The first-order valence-electron chi connectivity index (χ1n) is 7.93. The van der Waals surface area contributed by atoms with E-state index < -0.39 is 12.0 Å². The lowest BCUT2D eigenvalue weighted by Crippen LogP contribution is -2.30. The molecule has 2 N–H and O–H groups in total. The summed E-state index contributed by atoms with van der Waals surface area (Å²) in [6.07, 6.45) is 0.753. The van der Waals surface area contributed by atoms with E-state index in [1.54, 1.807) is 4.68 Å². The van der Waals surface area contributed by atoms with Crippen LogP contribution in [0.25, 0.3) is 0 Å². The number of carboxylic acid groups (broad SMARTS) is 1. The van der Waals surface area contributed by atoms with Crippen molar-refractivity contribution in [1.29, 1.82) is 0 Å². The summed E-state index contributed by atoms with van der Waals surface area (Å²) in [5.41, 5.74) is 3.84. The van der Waals surface area contributed by atoms with Gasteiger partial charge in [0.2, 0.25) is 5.91 Å². The van der Waals surface area contributed by atoms with Crippen LogP contribution in [0.3, 0.4) is 0 Å². The minimum absolute atomic E-state index is 0.138. The number of hydrogen-bond donors (Lipinski definition) is 2. The second-order valence-electron chi connectivity index (χ2n) is 5.90. The zero-order chi connectivity index (χ0) is 17.7. The van der Waals surface area contributed by atoms with E-state index in [2.05, 4.69) is 10.4 Å². The minimum Gasteiger partial charge on any atom is -0.481 e. The SMILES string of the molecule is Cc1nn(C)c(C)c1CCC(=O)NC(CC(=O)O)c1ccccc1. The smallest absolute Gasteiger partial charge is 0.305 e. The molecule has 2 aromatic rings. The number of benzene rings is 1. The largest absolute Gasteiger partial charge is 0.481 e. The average molecular weight is 329 g/mol. The number of aryl methyl sites for hydroxylation is 2. The molecule has 1 aromatic heterocycles. The Morgan fingerprint density at radius 3 is 2.46 bits per heavy atom. The van der Waals surface area contributed by atoms with Crippen molar-refractivity contribution in [2.24, 2.45) is 7.05 Å². The highest BCUT2D eigenvalue weighted by atomic mass is 16.4. The second-order valence-corrected chi connectivity index (χ2v) is 5.90. The van der Waals surface area contributed by atoms with Crippen molar-refractivity contribution in [2.45, 2.75) is 39.2 Å². The maximum Gasteiger partial charge on any atom is 0.305 e. The Bertz CT molecular complexity index is 723. The summed E-state index contributed by atoms with van der Waals surface area (Å²) < 4.78 is 1.81. The van der Waals surface area contributed by atoms with Crippen molar-refractivity contribution in [2.75, 3.05) is 0 Å². The van der Waals surface area contributed by atoms with Gasteiger partial charge in [0.05, 0.1) is 18.2 Å². The van der Waals surface area contributed by atoms with E-state index in [4.69, 9.17) is 5.11 Å². The Balaban J connectivity index is 2.01. The summed E-state index contributed by atoms with van der Waals surface area (Å²) in [5.74, 6) is -1.10. The third kappa shape index (κ3) is 4.44. The number of hydrogen-bond acceptors (Lipinski definition) is 3. The van der Waals surface area contributed by atoms with Crippen LogP contribution in [-0.4, -0.2) is 26.8 Å². The van der Waals surface area contributed by atoms with Gasteiger partial charge in [0.25, 0.3) is 0 Å². The zero-order valence-corrected chi connectivity index (χ0v) is 14.2. The number of aromatic nitrogens is 2. The fraction of sp³-hybridized carbons (Fsp3) is 0.389. The lowest BCUT2D eigenvalue weighted by molar-refractivity contribution is -0.137. The Kier molecular flexibility index (Phi) is 5.73. The molecule has 6 nitrogen and oxygen atoms in total. The van der Waals surface area contributed by atoms with E-state index in [0.29, 0.717) is 12.8 Å². The van der Waals surface area contributed by atoms with E-state index in [-0.39, 0.29) is 12.3 Å². The van der Waals surface area contributed by atoms with Gasteiger partial charge in [-0.3, -0.25) is 14.3 Å². The van der Waals surface area contributed by atoms with Crippen molar-refractivity contribution in [3.63, 3.8) is 0 Å². The van der Waals surface area contributed by atoms with E-state index in [1.807, 2.05) is 51.2 Å². The van der Waals surface area contributed by atoms with Gasteiger partial charge in [-0.2, -0.15) is 5.10 Å². The quantitative estimate of drug-likeness (QED) is 0.816. The predicted molar refractivity (Wildman–Crippen MR) is 90.6 cm³/mol. The molecule has 24 heavy (non-hydrogen) atoms. The second kappa shape index (κ2) is 7.77. The molecule has 0 aliphatic carbocycles. The van der Waals surface area contributed by atoms with Gasteiger partial charge in [-0.15, -0.1) is 0 Å². The lowest BCUT2D eigenvalue weighted by atomic mass is 10.0. The van der Waals surface area contributed by atoms with E-state index in [1.165, 1.54) is 0 Å². The number of rotatable bonds is 7. The van der Waals surface area contributed by atoms with Gasteiger partial charge in [0.15, 0.2) is 0 Å². The fourth-order valence-corrected chi connectivity index (χ4v) is 2.80. The molecular formula is C18H23N3O3. The Labute approximate surface area is 141 Å². The predicted octanol–water partition coefficient (Wildman–Crippen LogP) is 2.30. The molecule has 1 aromatic carbocycles. The molecule has 0 bridgehead atoms. The number of carbonyl (C=O) groups excluding carboxylic acids is 1. The van der Waals surface area contributed by atoms with Gasteiger partial charge in [0.1, 0.15) is 0 Å². The van der Waals surface area contributed by atoms with Gasteiger partial charge in [-0.1, -0.05) is 30.3 Å². The standard InChI is InChI=1S/C18H23N3O3/c1-12-15(13(2)21(3)20-12)9-10-17(22)19-16(11-18(23)24)14-7-5-4-6-8-14/h4-8,16H,9-11H2,1-3H3,(H,19,22)(H,23,24). The van der Waals surface area contributed by atoms with Crippen molar-refractivity contribution in [3.8, 4) is 0 Å². The molecule has 0 aliphatic rings. The summed E-state index contributed by atoms with van der Waals surface area (Å²) in [7, 11) is 1.88. The van der Waals surface area contributed by atoms with Crippen LogP contribution in [0.5, 0.6) is 0 Å². The first-order valence-corrected chi connectivity index (χ1v) is 7.93. The van der Waals surface area contributed by atoms with Crippen molar-refractivity contribution >= 4 is 11.9 Å². The number of carbonyl (C=O) groups is 2. The van der Waals surface area contributed by atoms with Gasteiger partial charge >= 0.3 is 5.97 Å². The topological polar surface area (TPSA) is 84.2 Å². The van der Waals surface area contributed by atoms with Crippen LogP contribution in [0.15, 0.2) is 30.3 Å². The third-order valence-electron chi connectivity index (χ3n) is 4.18. The molecule has 1 amide bonds. The number of nitrogens with one attached hydrogen (secondary N) is 1. The minimum atomic E-state index is -0.942. The van der Waals surface area contributed by atoms with Crippen LogP contribution < -0.4 is 5.32 Å². The zero-order valence-electron chi connectivity index (χ0n) is 14.2. The van der Waals surface area contributed by atoms with Crippen LogP contribution in [0.1, 0.15) is 41.4 Å². The van der Waals surface area contributed by atoms with Crippen LogP contribution in [0, 0.1) is 13.8 Å². The molecule has 6 heteroatoms. The molecule has 2 rings (SSSR count). The van der Waals surface area contributed by atoms with Crippen LogP contribution >= 0.6 is 0 Å². The van der Waals surface area contributed by atoms with Gasteiger partial charge in [-0.05, 0) is 31.4 Å². The third-order valence-corrected chi connectivity index (χ3v) is 4.18. The van der Waals surface area contributed by atoms with Crippen LogP contribution in [-0.2, 0) is 23.1 Å². The summed E-state index contributed by atoms with van der Waals surface area (Å²) in [4.78, 5) is 23.4. The molecule has 0 aliphatic heterocycles.